The quantitative estimate of drug-likeness (QED) is 0.531. The Labute approximate surface area is 203 Å². The Hall–Kier alpha value is -2.88. The molecule has 2 aliphatic heterocycles. The van der Waals surface area contributed by atoms with E-state index in [2.05, 4.69) is 35.2 Å². The monoisotopic (exact) mass is 456 g/mol. The molecule has 0 N–H and O–H groups in total. The minimum Gasteiger partial charge on any atom is -0.366 e. The van der Waals surface area contributed by atoms with Crippen LogP contribution in [0.25, 0.3) is 5.57 Å². The van der Waals surface area contributed by atoms with E-state index in [1.165, 1.54) is 24.8 Å². The molecule has 0 bridgehead atoms. The summed E-state index contributed by atoms with van der Waals surface area (Å²) in [5.74, 6) is 0.479. The number of nitrogens with zero attached hydrogens (tertiary/aromatic N) is 2. The van der Waals surface area contributed by atoms with Crippen molar-refractivity contribution in [1.82, 2.24) is 9.80 Å². The second kappa shape index (κ2) is 10.6. The van der Waals surface area contributed by atoms with Crippen molar-refractivity contribution in [3.05, 3.63) is 77.5 Å². The van der Waals surface area contributed by atoms with Crippen molar-refractivity contribution in [1.29, 1.82) is 0 Å². The fourth-order valence-corrected chi connectivity index (χ4v) is 6.03. The summed E-state index contributed by atoms with van der Waals surface area (Å²) in [5.41, 5.74) is 3.52. The summed E-state index contributed by atoms with van der Waals surface area (Å²) in [6, 6.07) is 20.6. The Morgan fingerprint density at radius 3 is 1.91 bits per heavy atom. The van der Waals surface area contributed by atoms with E-state index in [0.717, 1.165) is 63.6 Å². The Morgan fingerprint density at radius 1 is 0.676 bits per heavy atom. The first-order valence-corrected chi connectivity index (χ1v) is 13.2. The molecule has 1 saturated heterocycles. The molecule has 0 atom stereocenters. The molecule has 4 heteroatoms. The van der Waals surface area contributed by atoms with Crippen LogP contribution >= 0.6 is 0 Å². The van der Waals surface area contributed by atoms with E-state index >= 15 is 0 Å². The Bertz CT molecular complexity index is 1010. The number of amides is 2. The number of carbonyl (C=O) groups excluding carboxylic acids is 2. The topological polar surface area (TPSA) is 40.6 Å². The fourth-order valence-electron chi connectivity index (χ4n) is 6.03. The van der Waals surface area contributed by atoms with Crippen molar-refractivity contribution in [3.8, 4) is 0 Å². The molecule has 1 aliphatic carbocycles. The second-order valence-electron chi connectivity index (χ2n) is 10.2. The van der Waals surface area contributed by atoms with Crippen LogP contribution in [0.5, 0.6) is 0 Å². The van der Waals surface area contributed by atoms with E-state index in [1.807, 2.05) is 30.3 Å². The minimum absolute atomic E-state index is 0.0344. The highest BCUT2D eigenvalue weighted by Crippen LogP contribution is 2.37. The van der Waals surface area contributed by atoms with Crippen molar-refractivity contribution < 1.29 is 9.59 Å². The molecule has 0 radical (unpaired) electrons. The summed E-state index contributed by atoms with van der Waals surface area (Å²) in [7, 11) is 0. The Morgan fingerprint density at radius 2 is 1.26 bits per heavy atom. The second-order valence-corrected chi connectivity index (χ2v) is 10.2. The Kier molecular flexibility index (Phi) is 7.13. The first-order chi connectivity index (χ1) is 16.7. The third-order valence-electron chi connectivity index (χ3n) is 7.89. The van der Waals surface area contributed by atoms with E-state index in [-0.39, 0.29) is 17.9 Å². The predicted molar refractivity (Wildman–Crippen MR) is 136 cm³/mol. The molecule has 2 fully saturated rings. The van der Waals surface area contributed by atoms with Gasteiger partial charge in [-0.3, -0.25) is 14.5 Å². The third-order valence-corrected chi connectivity index (χ3v) is 7.89. The molecule has 2 heterocycles. The molecule has 0 aromatic heterocycles. The van der Waals surface area contributed by atoms with Gasteiger partial charge >= 0.3 is 0 Å². The molecular weight excluding hydrogens is 420 g/mol. The lowest BCUT2D eigenvalue weighted by Gasteiger charge is -2.35. The zero-order valence-electron chi connectivity index (χ0n) is 20.1. The zero-order chi connectivity index (χ0) is 23.3. The first kappa shape index (κ1) is 22.9. The van der Waals surface area contributed by atoms with Crippen molar-refractivity contribution in [2.45, 2.75) is 70.3 Å². The summed E-state index contributed by atoms with van der Waals surface area (Å²) >= 11 is 0. The number of piperidine rings is 1. The number of hydrogen-bond donors (Lipinski definition) is 0. The van der Waals surface area contributed by atoms with Gasteiger partial charge in [0.25, 0.3) is 11.8 Å². The van der Waals surface area contributed by atoms with Gasteiger partial charge in [-0.1, -0.05) is 92.8 Å². The van der Waals surface area contributed by atoms with E-state index < -0.39 is 0 Å². The summed E-state index contributed by atoms with van der Waals surface area (Å²) < 4.78 is 0. The molecule has 2 aromatic rings. The average molecular weight is 457 g/mol. The van der Waals surface area contributed by atoms with E-state index in [4.69, 9.17) is 0 Å². The van der Waals surface area contributed by atoms with E-state index in [1.54, 1.807) is 4.90 Å². The van der Waals surface area contributed by atoms with Crippen LogP contribution in [-0.2, 0) is 16.0 Å². The van der Waals surface area contributed by atoms with Crippen LogP contribution < -0.4 is 0 Å². The number of rotatable bonds is 5. The van der Waals surface area contributed by atoms with E-state index in [9.17, 15) is 9.59 Å². The predicted octanol–water partition coefficient (Wildman–Crippen LogP) is 5.83. The van der Waals surface area contributed by atoms with Crippen LogP contribution in [0.3, 0.4) is 0 Å². The normalized spacial score (nSPS) is 21.2. The minimum atomic E-state index is -0.0804. The SMILES string of the molecule is O=C1C(c2ccccc2)=C(N2CCC(Cc3ccccc3)CC2)C(=O)N1C1CCCCCCC1. The lowest BCUT2D eigenvalue weighted by Crippen LogP contribution is -2.44. The molecule has 34 heavy (non-hydrogen) atoms. The average Bonchev–Trinajstić information content (AvgIpc) is 3.11. The smallest absolute Gasteiger partial charge is 0.278 e. The maximum absolute atomic E-state index is 13.9. The molecule has 5 rings (SSSR count). The fraction of sp³-hybridized carbons (Fsp3) is 0.467. The van der Waals surface area contributed by atoms with Gasteiger partial charge < -0.3 is 4.90 Å². The van der Waals surface area contributed by atoms with Crippen LogP contribution in [-0.4, -0.2) is 40.7 Å². The molecule has 178 valence electrons. The van der Waals surface area contributed by atoms with Crippen LogP contribution in [0.2, 0.25) is 0 Å². The van der Waals surface area contributed by atoms with Gasteiger partial charge in [0.05, 0.1) is 5.57 Å². The van der Waals surface area contributed by atoms with Gasteiger partial charge in [0.1, 0.15) is 5.70 Å². The van der Waals surface area contributed by atoms with Gasteiger partial charge in [-0.05, 0) is 49.1 Å². The maximum Gasteiger partial charge on any atom is 0.278 e. The van der Waals surface area contributed by atoms with Gasteiger partial charge in [-0.2, -0.15) is 0 Å². The van der Waals surface area contributed by atoms with Crippen LogP contribution in [0.15, 0.2) is 66.4 Å². The van der Waals surface area contributed by atoms with Crippen molar-refractivity contribution in [2.75, 3.05) is 13.1 Å². The summed E-state index contributed by atoms with van der Waals surface area (Å²) in [4.78, 5) is 31.5. The van der Waals surface area contributed by atoms with Crippen molar-refractivity contribution >= 4 is 17.4 Å². The molecule has 2 amide bonds. The highest BCUT2D eigenvalue weighted by atomic mass is 16.2. The first-order valence-electron chi connectivity index (χ1n) is 13.2. The van der Waals surface area contributed by atoms with Gasteiger partial charge in [0, 0.05) is 19.1 Å². The van der Waals surface area contributed by atoms with Crippen LogP contribution in [0.4, 0.5) is 0 Å². The van der Waals surface area contributed by atoms with Crippen molar-refractivity contribution in [3.63, 3.8) is 0 Å². The standard InChI is InChI=1S/C30H36N2O2/c33-29-27(25-14-8-5-9-15-25)28(30(34)32(29)26-16-10-2-1-3-11-17-26)31-20-18-24(19-21-31)22-23-12-6-4-7-13-23/h4-9,12-15,24,26H,1-3,10-11,16-22H2. The van der Waals surface area contributed by atoms with E-state index in [0.29, 0.717) is 17.2 Å². The molecular formula is C30H36N2O2. The molecule has 4 nitrogen and oxygen atoms in total. The highest BCUT2D eigenvalue weighted by Gasteiger charge is 2.45. The van der Waals surface area contributed by atoms with Crippen molar-refractivity contribution in [2.24, 2.45) is 5.92 Å². The Balaban J connectivity index is 1.38. The number of imide groups is 1. The van der Waals surface area contributed by atoms with Gasteiger partial charge in [0.15, 0.2) is 0 Å². The van der Waals surface area contributed by atoms with Crippen LogP contribution in [0, 0.1) is 5.92 Å². The van der Waals surface area contributed by atoms with Crippen LogP contribution in [0.1, 0.15) is 68.9 Å². The van der Waals surface area contributed by atoms with Gasteiger partial charge in [-0.15, -0.1) is 0 Å². The number of hydrogen-bond acceptors (Lipinski definition) is 3. The molecule has 1 saturated carbocycles. The molecule has 0 unspecified atom stereocenters. The number of carbonyl (C=O) groups is 2. The van der Waals surface area contributed by atoms with Gasteiger partial charge in [0.2, 0.25) is 0 Å². The summed E-state index contributed by atoms with van der Waals surface area (Å²) in [6.45, 7) is 1.67. The molecule has 3 aliphatic rings. The van der Waals surface area contributed by atoms with Gasteiger partial charge in [-0.25, -0.2) is 0 Å². The zero-order valence-corrected chi connectivity index (χ0v) is 20.1. The lowest BCUT2D eigenvalue weighted by atomic mass is 9.89. The number of likely N-dealkylation sites (tertiary alicyclic amines) is 1. The number of benzene rings is 2. The maximum atomic E-state index is 13.9. The lowest BCUT2D eigenvalue weighted by molar-refractivity contribution is -0.140. The third kappa shape index (κ3) is 4.82. The molecule has 0 spiro atoms. The highest BCUT2D eigenvalue weighted by molar-refractivity contribution is 6.35. The summed E-state index contributed by atoms with van der Waals surface area (Å²) in [6.07, 6.45) is 10.9. The largest absolute Gasteiger partial charge is 0.366 e. The molecule has 2 aromatic carbocycles. The summed E-state index contributed by atoms with van der Waals surface area (Å²) in [5, 5.41) is 0.